The summed E-state index contributed by atoms with van der Waals surface area (Å²) in [7, 11) is 1.57. The van der Waals surface area contributed by atoms with Crippen molar-refractivity contribution in [2.45, 2.75) is 20.5 Å². The number of benzene rings is 2. The van der Waals surface area contributed by atoms with Gasteiger partial charge in [0.2, 0.25) is 0 Å². The van der Waals surface area contributed by atoms with Crippen LogP contribution in [-0.2, 0) is 11.4 Å². The Balaban J connectivity index is 1.63. The molecule has 1 amide bonds. The van der Waals surface area contributed by atoms with Crippen LogP contribution >= 0.6 is 0 Å². The molecule has 0 aliphatic heterocycles. The molecule has 6 nitrogen and oxygen atoms in total. The van der Waals surface area contributed by atoms with Gasteiger partial charge in [-0.2, -0.15) is 0 Å². The van der Waals surface area contributed by atoms with Crippen molar-refractivity contribution in [3.63, 3.8) is 0 Å². The highest BCUT2D eigenvalue weighted by Gasteiger charge is 2.11. The number of pyridine rings is 1. The Kier molecular flexibility index (Phi) is 6.68. The van der Waals surface area contributed by atoms with Crippen LogP contribution in [0.15, 0.2) is 60.9 Å². The lowest BCUT2D eigenvalue weighted by molar-refractivity contribution is -0.118. The first-order valence-electron chi connectivity index (χ1n) is 9.25. The van der Waals surface area contributed by atoms with Gasteiger partial charge in [-0.15, -0.1) is 0 Å². The van der Waals surface area contributed by atoms with E-state index in [1.807, 2.05) is 44.2 Å². The highest BCUT2D eigenvalue weighted by atomic mass is 16.5. The van der Waals surface area contributed by atoms with Crippen LogP contribution in [0.2, 0.25) is 0 Å². The van der Waals surface area contributed by atoms with Gasteiger partial charge in [0, 0.05) is 29.7 Å². The van der Waals surface area contributed by atoms with Gasteiger partial charge in [-0.05, 0) is 43.2 Å². The van der Waals surface area contributed by atoms with Crippen molar-refractivity contribution >= 4 is 11.6 Å². The Morgan fingerprint density at radius 1 is 1.00 bits per heavy atom. The monoisotopic (exact) mass is 392 g/mol. The Morgan fingerprint density at radius 3 is 2.48 bits per heavy atom. The summed E-state index contributed by atoms with van der Waals surface area (Å²) in [5, 5.41) is 2.83. The standard InChI is InChI=1S/C23H24N2O4/c1-16-6-4-7-17(2)23(16)29-15-22(26)25-19-9-10-20(27-3)21(12-19)28-14-18-8-5-11-24-13-18/h4-13H,14-15H2,1-3H3,(H,25,26). The summed E-state index contributed by atoms with van der Waals surface area (Å²) in [6, 6.07) is 14.9. The van der Waals surface area contributed by atoms with Gasteiger partial charge in [0.05, 0.1) is 7.11 Å². The number of para-hydroxylation sites is 1. The smallest absolute Gasteiger partial charge is 0.262 e. The first-order chi connectivity index (χ1) is 14.1. The zero-order valence-electron chi connectivity index (χ0n) is 16.8. The highest BCUT2D eigenvalue weighted by Crippen LogP contribution is 2.31. The number of methoxy groups -OCH3 is 1. The van der Waals surface area contributed by atoms with E-state index in [-0.39, 0.29) is 12.5 Å². The molecule has 3 aromatic rings. The van der Waals surface area contributed by atoms with Crippen LogP contribution < -0.4 is 19.5 Å². The van der Waals surface area contributed by atoms with Crippen molar-refractivity contribution in [3.05, 3.63) is 77.6 Å². The zero-order valence-corrected chi connectivity index (χ0v) is 16.8. The normalized spacial score (nSPS) is 10.3. The van der Waals surface area contributed by atoms with Crippen molar-refractivity contribution in [3.8, 4) is 17.2 Å². The first-order valence-corrected chi connectivity index (χ1v) is 9.25. The van der Waals surface area contributed by atoms with Gasteiger partial charge in [0.1, 0.15) is 12.4 Å². The van der Waals surface area contributed by atoms with E-state index in [1.54, 1.807) is 37.7 Å². The SMILES string of the molecule is COc1ccc(NC(=O)COc2c(C)cccc2C)cc1OCc1cccnc1. The minimum Gasteiger partial charge on any atom is -0.493 e. The van der Waals surface area contributed by atoms with Crippen molar-refractivity contribution in [1.82, 2.24) is 4.98 Å². The minimum absolute atomic E-state index is 0.0798. The molecule has 1 N–H and O–H groups in total. The predicted octanol–water partition coefficient (Wildman–Crippen LogP) is 4.30. The third kappa shape index (κ3) is 5.48. The van der Waals surface area contributed by atoms with Crippen molar-refractivity contribution in [2.24, 2.45) is 0 Å². The van der Waals surface area contributed by atoms with Crippen LogP contribution in [0.3, 0.4) is 0 Å². The minimum atomic E-state index is -0.254. The van der Waals surface area contributed by atoms with Crippen molar-refractivity contribution in [2.75, 3.05) is 19.0 Å². The molecule has 1 heterocycles. The fourth-order valence-electron chi connectivity index (χ4n) is 2.87. The van der Waals surface area contributed by atoms with Gasteiger partial charge in [0.15, 0.2) is 18.1 Å². The van der Waals surface area contributed by atoms with Gasteiger partial charge >= 0.3 is 0 Å². The molecule has 29 heavy (non-hydrogen) atoms. The molecule has 0 saturated heterocycles. The second-order valence-corrected chi connectivity index (χ2v) is 6.57. The maximum atomic E-state index is 12.3. The fraction of sp³-hybridized carbons (Fsp3) is 0.217. The van der Waals surface area contributed by atoms with Crippen LogP contribution in [0.25, 0.3) is 0 Å². The third-order valence-electron chi connectivity index (χ3n) is 4.32. The van der Waals surface area contributed by atoms with E-state index in [1.165, 1.54) is 0 Å². The molecule has 0 spiro atoms. The molecule has 6 heteroatoms. The molecule has 0 bridgehead atoms. The molecule has 0 saturated carbocycles. The number of rotatable bonds is 8. The van der Waals surface area contributed by atoms with Gasteiger partial charge in [-0.25, -0.2) is 0 Å². The summed E-state index contributed by atoms with van der Waals surface area (Å²) in [6.07, 6.45) is 3.45. The lowest BCUT2D eigenvalue weighted by Gasteiger charge is -2.14. The largest absolute Gasteiger partial charge is 0.493 e. The summed E-state index contributed by atoms with van der Waals surface area (Å²) in [4.78, 5) is 16.4. The molecule has 0 aliphatic carbocycles. The van der Waals surface area contributed by atoms with Gasteiger partial charge in [0.25, 0.3) is 5.91 Å². The van der Waals surface area contributed by atoms with E-state index >= 15 is 0 Å². The first kappa shape index (κ1) is 20.2. The Labute approximate surface area is 170 Å². The third-order valence-corrected chi connectivity index (χ3v) is 4.32. The molecule has 0 unspecified atom stereocenters. The van der Waals surface area contributed by atoms with E-state index in [0.717, 1.165) is 22.4 Å². The summed E-state index contributed by atoms with van der Waals surface area (Å²) >= 11 is 0. The number of aromatic nitrogens is 1. The number of aryl methyl sites for hydroxylation is 2. The van der Waals surface area contributed by atoms with E-state index in [9.17, 15) is 4.79 Å². The highest BCUT2D eigenvalue weighted by molar-refractivity contribution is 5.92. The number of hydrogen-bond acceptors (Lipinski definition) is 5. The molecule has 3 rings (SSSR count). The van der Waals surface area contributed by atoms with E-state index < -0.39 is 0 Å². The molecular weight excluding hydrogens is 368 g/mol. The fourth-order valence-corrected chi connectivity index (χ4v) is 2.87. The Hall–Kier alpha value is -3.54. The van der Waals surface area contributed by atoms with Gasteiger partial charge in [-0.3, -0.25) is 9.78 Å². The Bertz CT molecular complexity index is 954. The summed E-state index contributed by atoms with van der Waals surface area (Å²) in [5.41, 5.74) is 3.52. The number of amides is 1. The number of carbonyl (C=O) groups excluding carboxylic acids is 1. The maximum Gasteiger partial charge on any atom is 0.262 e. The quantitative estimate of drug-likeness (QED) is 0.619. The number of hydrogen-bond donors (Lipinski definition) is 1. The number of carbonyl (C=O) groups is 1. The number of ether oxygens (including phenoxy) is 3. The summed E-state index contributed by atoms with van der Waals surface area (Å²) < 4.78 is 16.9. The zero-order chi connectivity index (χ0) is 20.6. The number of nitrogens with one attached hydrogen (secondary N) is 1. The number of nitrogens with zero attached hydrogens (tertiary/aromatic N) is 1. The lowest BCUT2D eigenvalue weighted by Crippen LogP contribution is -2.20. The van der Waals surface area contributed by atoms with E-state index in [0.29, 0.717) is 23.8 Å². The van der Waals surface area contributed by atoms with Gasteiger partial charge in [-0.1, -0.05) is 24.3 Å². The molecule has 2 aromatic carbocycles. The second kappa shape index (κ2) is 9.59. The van der Waals surface area contributed by atoms with E-state index in [4.69, 9.17) is 14.2 Å². The van der Waals surface area contributed by atoms with E-state index in [2.05, 4.69) is 10.3 Å². The second-order valence-electron chi connectivity index (χ2n) is 6.57. The molecule has 0 fully saturated rings. The molecule has 1 aromatic heterocycles. The van der Waals surface area contributed by atoms with Gasteiger partial charge < -0.3 is 19.5 Å². The topological polar surface area (TPSA) is 69.7 Å². The molecular formula is C23H24N2O4. The van der Waals surface area contributed by atoms with Crippen molar-refractivity contribution < 1.29 is 19.0 Å². The van der Waals surface area contributed by atoms with Crippen molar-refractivity contribution in [1.29, 1.82) is 0 Å². The maximum absolute atomic E-state index is 12.3. The lowest BCUT2D eigenvalue weighted by atomic mass is 10.1. The molecule has 150 valence electrons. The molecule has 0 radical (unpaired) electrons. The average molecular weight is 392 g/mol. The summed E-state index contributed by atoms with van der Waals surface area (Å²) in [6.45, 7) is 4.17. The van der Waals surface area contributed by atoms with Crippen LogP contribution in [0.5, 0.6) is 17.2 Å². The number of anilines is 1. The average Bonchev–Trinajstić information content (AvgIpc) is 2.73. The van der Waals surface area contributed by atoms with Crippen LogP contribution in [0.4, 0.5) is 5.69 Å². The summed E-state index contributed by atoms with van der Waals surface area (Å²) in [5.74, 6) is 1.59. The van der Waals surface area contributed by atoms with Crippen LogP contribution in [0.1, 0.15) is 16.7 Å². The predicted molar refractivity (Wildman–Crippen MR) is 112 cm³/mol. The van der Waals surface area contributed by atoms with Crippen LogP contribution in [0, 0.1) is 13.8 Å². The Morgan fingerprint density at radius 2 is 1.79 bits per heavy atom. The molecule has 0 atom stereocenters. The molecule has 0 aliphatic rings. The van der Waals surface area contributed by atoms with Crippen LogP contribution in [-0.4, -0.2) is 24.6 Å².